The molecule has 0 aromatic heterocycles. The molecule has 0 aliphatic heterocycles. The highest BCUT2D eigenvalue weighted by Crippen LogP contribution is 2.09. The van der Waals surface area contributed by atoms with Gasteiger partial charge in [0.2, 0.25) is 0 Å². The molecule has 0 amide bonds. The summed E-state index contributed by atoms with van der Waals surface area (Å²) >= 11 is 5.56. The quantitative estimate of drug-likeness (QED) is 0.182. The van der Waals surface area contributed by atoms with Gasteiger partial charge in [0.1, 0.15) is 6.61 Å². The van der Waals surface area contributed by atoms with Crippen molar-refractivity contribution >= 4 is 17.6 Å². The molecule has 3 nitrogen and oxygen atoms in total. The van der Waals surface area contributed by atoms with Crippen LogP contribution in [-0.4, -0.2) is 30.2 Å². The van der Waals surface area contributed by atoms with Crippen molar-refractivity contribution < 1.29 is 14.6 Å². The minimum atomic E-state index is -0.880. The van der Waals surface area contributed by atoms with E-state index in [2.05, 4.69) is 13.8 Å². The summed E-state index contributed by atoms with van der Waals surface area (Å²) in [6.45, 7) is 4.91. The van der Waals surface area contributed by atoms with Crippen LogP contribution in [-0.2, 0) is 9.53 Å². The number of alkyl halides is 1. The van der Waals surface area contributed by atoms with E-state index in [9.17, 15) is 4.79 Å². The molecule has 0 fully saturated rings. The first-order chi connectivity index (χ1) is 12.7. The van der Waals surface area contributed by atoms with Gasteiger partial charge in [0, 0.05) is 12.5 Å². The largest absolute Gasteiger partial charge is 0.480 e. The summed E-state index contributed by atoms with van der Waals surface area (Å²) in [5, 5.41) is 8.31. The van der Waals surface area contributed by atoms with Gasteiger partial charge in [-0.1, -0.05) is 104 Å². The van der Waals surface area contributed by atoms with E-state index in [0.717, 1.165) is 18.7 Å². The Balaban J connectivity index is 0. The molecule has 0 aromatic rings. The Morgan fingerprint density at radius 2 is 1.08 bits per heavy atom. The third-order valence-corrected chi connectivity index (χ3v) is 4.62. The van der Waals surface area contributed by atoms with Crippen molar-refractivity contribution in [2.24, 2.45) is 0 Å². The summed E-state index contributed by atoms with van der Waals surface area (Å²) in [6.07, 6.45) is 21.0. The molecule has 0 aliphatic rings. The van der Waals surface area contributed by atoms with Gasteiger partial charge in [-0.25, -0.2) is 4.79 Å². The molecule has 0 bridgehead atoms. The molecule has 0 spiro atoms. The van der Waals surface area contributed by atoms with Crippen LogP contribution in [0.5, 0.6) is 0 Å². The van der Waals surface area contributed by atoms with Crippen molar-refractivity contribution in [1.82, 2.24) is 0 Å². The second kappa shape index (κ2) is 26.9. The fourth-order valence-corrected chi connectivity index (χ4v) is 2.91. The maximum absolute atomic E-state index is 10.1. The molecular formula is C22H45ClO3. The van der Waals surface area contributed by atoms with Crippen LogP contribution in [0.4, 0.5) is 0 Å². The molecule has 0 aromatic carbocycles. The molecule has 0 atom stereocenters. The number of carboxylic acid groups (broad SMARTS) is 1. The van der Waals surface area contributed by atoms with Crippen LogP contribution < -0.4 is 0 Å². The zero-order valence-electron chi connectivity index (χ0n) is 17.6. The third-order valence-electron chi connectivity index (χ3n) is 4.35. The second-order valence-electron chi connectivity index (χ2n) is 7.09. The van der Waals surface area contributed by atoms with Crippen LogP contribution in [0.25, 0.3) is 0 Å². The molecule has 0 unspecified atom stereocenters. The van der Waals surface area contributed by atoms with E-state index in [1.165, 1.54) is 89.9 Å². The van der Waals surface area contributed by atoms with Gasteiger partial charge in [0.15, 0.2) is 0 Å². The van der Waals surface area contributed by atoms with Crippen molar-refractivity contribution in [3.63, 3.8) is 0 Å². The molecule has 0 rings (SSSR count). The van der Waals surface area contributed by atoms with E-state index in [4.69, 9.17) is 21.4 Å². The molecule has 0 aliphatic carbocycles. The number of aliphatic carboxylic acids is 1. The van der Waals surface area contributed by atoms with Gasteiger partial charge >= 0.3 is 5.97 Å². The first-order valence-corrected chi connectivity index (χ1v) is 11.6. The van der Waals surface area contributed by atoms with Gasteiger partial charge in [-0.15, -0.1) is 11.6 Å². The van der Waals surface area contributed by atoms with Crippen LogP contribution in [0.1, 0.15) is 117 Å². The molecule has 0 heterocycles. The lowest BCUT2D eigenvalue weighted by Crippen LogP contribution is -2.07. The molecule has 1 N–H and O–H groups in total. The van der Waals surface area contributed by atoms with Crippen molar-refractivity contribution in [2.75, 3.05) is 19.1 Å². The predicted octanol–water partition coefficient (Wildman–Crippen LogP) is 7.59. The molecule has 0 radical (unpaired) electrons. The van der Waals surface area contributed by atoms with E-state index in [1.807, 2.05) is 0 Å². The number of ether oxygens (including phenoxy) is 1. The van der Waals surface area contributed by atoms with Gasteiger partial charge in [-0.05, 0) is 12.8 Å². The normalized spacial score (nSPS) is 10.4. The van der Waals surface area contributed by atoms with Gasteiger partial charge < -0.3 is 9.84 Å². The maximum Gasteiger partial charge on any atom is 0.329 e. The van der Waals surface area contributed by atoms with Crippen molar-refractivity contribution in [2.45, 2.75) is 117 Å². The smallest absolute Gasteiger partial charge is 0.329 e. The monoisotopic (exact) mass is 392 g/mol. The Bertz CT molecular complexity index is 252. The summed E-state index contributed by atoms with van der Waals surface area (Å²) in [4.78, 5) is 10.1. The van der Waals surface area contributed by atoms with Crippen LogP contribution in [0.3, 0.4) is 0 Å². The lowest BCUT2D eigenvalue weighted by Gasteiger charge is -2.02. The average molecular weight is 393 g/mol. The summed E-state index contributed by atoms with van der Waals surface area (Å²) in [7, 11) is 0. The first-order valence-electron chi connectivity index (χ1n) is 11.0. The van der Waals surface area contributed by atoms with E-state index in [1.54, 1.807) is 0 Å². The van der Waals surface area contributed by atoms with E-state index < -0.39 is 5.97 Å². The number of hydrogen-bond donors (Lipinski definition) is 1. The number of carboxylic acids is 1. The van der Waals surface area contributed by atoms with Crippen molar-refractivity contribution in [3.8, 4) is 0 Å². The SMILES string of the molecule is CCCCCCCCCCCl.CCCCCCCCCCOCC(=O)O. The molecular weight excluding hydrogens is 348 g/mol. The number of rotatable bonds is 19. The molecule has 26 heavy (non-hydrogen) atoms. The zero-order chi connectivity index (χ0) is 19.7. The van der Waals surface area contributed by atoms with Gasteiger partial charge in [-0.2, -0.15) is 0 Å². The summed E-state index contributed by atoms with van der Waals surface area (Å²) in [5.41, 5.74) is 0. The van der Waals surface area contributed by atoms with Crippen LogP contribution in [0, 0.1) is 0 Å². The van der Waals surface area contributed by atoms with Crippen LogP contribution in [0.2, 0.25) is 0 Å². The summed E-state index contributed by atoms with van der Waals surface area (Å²) in [5.74, 6) is -0.0378. The Morgan fingerprint density at radius 1 is 0.692 bits per heavy atom. The minimum absolute atomic E-state index is 0.156. The lowest BCUT2D eigenvalue weighted by molar-refractivity contribution is -0.142. The number of unbranched alkanes of at least 4 members (excludes halogenated alkanes) is 14. The fraction of sp³-hybridized carbons (Fsp3) is 0.955. The average Bonchev–Trinajstić information content (AvgIpc) is 2.63. The van der Waals surface area contributed by atoms with Crippen LogP contribution in [0.15, 0.2) is 0 Å². The maximum atomic E-state index is 10.1. The van der Waals surface area contributed by atoms with E-state index in [0.29, 0.717) is 6.61 Å². The Kier molecular flexibility index (Phi) is 28.9. The number of halogens is 1. The summed E-state index contributed by atoms with van der Waals surface area (Å²) < 4.78 is 4.94. The van der Waals surface area contributed by atoms with Gasteiger partial charge in [0.25, 0.3) is 0 Å². The molecule has 0 saturated heterocycles. The topological polar surface area (TPSA) is 46.5 Å². The van der Waals surface area contributed by atoms with E-state index >= 15 is 0 Å². The number of hydrogen-bond acceptors (Lipinski definition) is 2. The lowest BCUT2D eigenvalue weighted by atomic mass is 10.1. The van der Waals surface area contributed by atoms with E-state index in [-0.39, 0.29) is 6.61 Å². The highest BCUT2D eigenvalue weighted by atomic mass is 35.5. The second-order valence-corrected chi connectivity index (χ2v) is 7.46. The first kappa shape index (κ1) is 27.9. The summed E-state index contributed by atoms with van der Waals surface area (Å²) in [6, 6.07) is 0. The van der Waals surface area contributed by atoms with Crippen molar-refractivity contribution in [1.29, 1.82) is 0 Å². The Morgan fingerprint density at radius 3 is 1.46 bits per heavy atom. The highest BCUT2D eigenvalue weighted by Gasteiger charge is 1.96. The van der Waals surface area contributed by atoms with Gasteiger partial charge in [0.05, 0.1) is 0 Å². The van der Waals surface area contributed by atoms with Crippen molar-refractivity contribution in [3.05, 3.63) is 0 Å². The van der Waals surface area contributed by atoms with Crippen LogP contribution >= 0.6 is 11.6 Å². The minimum Gasteiger partial charge on any atom is -0.480 e. The third kappa shape index (κ3) is 31.5. The predicted molar refractivity (Wildman–Crippen MR) is 114 cm³/mol. The standard InChI is InChI=1S/C12H24O3.C10H21Cl/c1-2-3-4-5-6-7-8-9-10-15-11-12(13)14;1-2-3-4-5-6-7-8-9-10-11/h2-11H2,1H3,(H,13,14);2-10H2,1H3. The fourth-order valence-electron chi connectivity index (χ4n) is 2.73. The number of carbonyl (C=O) groups is 1. The molecule has 4 heteroatoms. The Labute approximate surface area is 168 Å². The zero-order valence-corrected chi connectivity index (χ0v) is 18.3. The molecule has 0 saturated carbocycles. The highest BCUT2D eigenvalue weighted by molar-refractivity contribution is 6.17. The van der Waals surface area contributed by atoms with Gasteiger partial charge in [-0.3, -0.25) is 0 Å². The Hall–Kier alpha value is -0.280. The molecule has 158 valence electrons.